The Morgan fingerprint density at radius 3 is 2.61 bits per heavy atom. The van der Waals surface area contributed by atoms with E-state index in [1.807, 2.05) is 17.9 Å². The van der Waals surface area contributed by atoms with Gasteiger partial charge in [0.05, 0.1) is 18.2 Å². The second-order valence-corrected chi connectivity index (χ2v) is 7.76. The number of rotatable bonds is 5. The number of carbonyl (C=O) groups is 1. The molecule has 4 rings (SSSR count). The highest BCUT2D eigenvalue weighted by atomic mass is 16.5. The van der Waals surface area contributed by atoms with Crippen molar-refractivity contribution < 1.29 is 9.53 Å². The van der Waals surface area contributed by atoms with Crippen LogP contribution in [0.3, 0.4) is 0 Å². The molecule has 28 heavy (non-hydrogen) atoms. The summed E-state index contributed by atoms with van der Waals surface area (Å²) in [6.07, 6.45) is 4.00. The van der Waals surface area contributed by atoms with E-state index in [0.29, 0.717) is 12.1 Å². The third-order valence-corrected chi connectivity index (χ3v) is 5.90. The van der Waals surface area contributed by atoms with E-state index in [4.69, 9.17) is 4.74 Å². The summed E-state index contributed by atoms with van der Waals surface area (Å²) in [7, 11) is 0. The standard InChI is InChI=1S/C21H31N5O2/c1-2-22-21(24-18-14-17-8-9-19(18)28-17)23-15-20(27)26-12-10-25(11-13-26)16-6-4-3-5-7-16/h3-7,17-19H,2,8-15H2,1H3,(H2,22,23,24). The molecule has 3 atom stereocenters. The molecule has 0 aliphatic carbocycles. The summed E-state index contributed by atoms with van der Waals surface area (Å²) in [5, 5.41) is 6.73. The Labute approximate surface area is 167 Å². The molecule has 3 unspecified atom stereocenters. The van der Waals surface area contributed by atoms with Gasteiger partial charge >= 0.3 is 0 Å². The van der Waals surface area contributed by atoms with E-state index in [0.717, 1.165) is 51.5 Å². The van der Waals surface area contributed by atoms with Crippen molar-refractivity contribution in [3.05, 3.63) is 30.3 Å². The Morgan fingerprint density at radius 2 is 1.96 bits per heavy atom. The fourth-order valence-corrected chi connectivity index (χ4v) is 4.38. The molecular weight excluding hydrogens is 354 g/mol. The number of nitrogens with one attached hydrogen (secondary N) is 2. The van der Waals surface area contributed by atoms with Crippen LogP contribution in [0.15, 0.2) is 35.3 Å². The van der Waals surface area contributed by atoms with Gasteiger partial charge in [-0.1, -0.05) is 18.2 Å². The molecule has 2 bridgehead atoms. The number of guanidine groups is 1. The largest absolute Gasteiger partial charge is 0.373 e. The van der Waals surface area contributed by atoms with Crippen molar-refractivity contribution in [1.29, 1.82) is 0 Å². The Hall–Kier alpha value is -2.28. The minimum Gasteiger partial charge on any atom is -0.373 e. The molecule has 3 fully saturated rings. The molecule has 0 radical (unpaired) electrons. The van der Waals surface area contributed by atoms with Crippen LogP contribution in [0.4, 0.5) is 5.69 Å². The highest BCUT2D eigenvalue weighted by Gasteiger charge is 2.41. The maximum Gasteiger partial charge on any atom is 0.244 e. The van der Waals surface area contributed by atoms with Gasteiger partial charge in [0.25, 0.3) is 0 Å². The number of fused-ring (bicyclic) bond motifs is 2. The highest BCUT2D eigenvalue weighted by Crippen LogP contribution is 2.34. The van der Waals surface area contributed by atoms with Crippen molar-refractivity contribution >= 4 is 17.6 Å². The quantitative estimate of drug-likeness (QED) is 0.589. The normalized spacial score (nSPS) is 27.2. The van der Waals surface area contributed by atoms with Crippen molar-refractivity contribution in [3.8, 4) is 0 Å². The topological polar surface area (TPSA) is 69.2 Å². The van der Waals surface area contributed by atoms with Crippen LogP contribution < -0.4 is 15.5 Å². The van der Waals surface area contributed by atoms with Crippen LogP contribution in [0.25, 0.3) is 0 Å². The highest BCUT2D eigenvalue weighted by molar-refractivity contribution is 5.85. The Kier molecular flexibility index (Phi) is 6.00. The van der Waals surface area contributed by atoms with Gasteiger partial charge in [-0.2, -0.15) is 0 Å². The molecule has 1 aromatic rings. The summed E-state index contributed by atoms with van der Waals surface area (Å²) >= 11 is 0. The summed E-state index contributed by atoms with van der Waals surface area (Å²) in [4.78, 5) is 21.4. The summed E-state index contributed by atoms with van der Waals surface area (Å²) in [5.74, 6) is 0.814. The lowest BCUT2D eigenvalue weighted by atomic mass is 9.96. The lowest BCUT2D eigenvalue weighted by molar-refractivity contribution is -0.129. The third kappa shape index (κ3) is 4.41. The molecular formula is C21H31N5O2. The summed E-state index contributed by atoms with van der Waals surface area (Å²) < 4.78 is 5.91. The van der Waals surface area contributed by atoms with Gasteiger partial charge in [-0.15, -0.1) is 0 Å². The molecule has 7 nitrogen and oxygen atoms in total. The van der Waals surface area contributed by atoms with Gasteiger partial charge < -0.3 is 25.2 Å². The van der Waals surface area contributed by atoms with Gasteiger partial charge in [-0.05, 0) is 38.3 Å². The zero-order valence-corrected chi connectivity index (χ0v) is 16.6. The Bertz CT molecular complexity index is 687. The van der Waals surface area contributed by atoms with E-state index in [2.05, 4.69) is 44.8 Å². The number of carbonyl (C=O) groups excluding carboxylic acids is 1. The van der Waals surface area contributed by atoms with E-state index >= 15 is 0 Å². The first-order valence-corrected chi connectivity index (χ1v) is 10.5. The third-order valence-electron chi connectivity index (χ3n) is 5.90. The molecule has 2 N–H and O–H groups in total. The van der Waals surface area contributed by atoms with Gasteiger partial charge in [-0.25, -0.2) is 4.99 Å². The number of benzene rings is 1. The number of nitrogens with zero attached hydrogens (tertiary/aromatic N) is 3. The number of para-hydroxylation sites is 1. The van der Waals surface area contributed by atoms with Crippen LogP contribution in [0, 0.1) is 0 Å². The monoisotopic (exact) mass is 385 g/mol. The second-order valence-electron chi connectivity index (χ2n) is 7.76. The number of anilines is 1. The van der Waals surface area contributed by atoms with Crippen LogP contribution >= 0.6 is 0 Å². The first-order valence-electron chi connectivity index (χ1n) is 10.5. The van der Waals surface area contributed by atoms with Crippen LogP contribution in [0.2, 0.25) is 0 Å². The number of amides is 1. The van der Waals surface area contributed by atoms with Gasteiger partial charge in [0.1, 0.15) is 6.54 Å². The first kappa shape index (κ1) is 19.1. The number of hydrogen-bond donors (Lipinski definition) is 2. The lowest BCUT2D eigenvalue weighted by Gasteiger charge is -2.36. The predicted octanol–water partition coefficient (Wildman–Crippen LogP) is 1.21. The zero-order valence-electron chi connectivity index (χ0n) is 16.6. The smallest absolute Gasteiger partial charge is 0.244 e. The summed E-state index contributed by atoms with van der Waals surface area (Å²) in [5.41, 5.74) is 1.22. The predicted molar refractivity (Wildman–Crippen MR) is 111 cm³/mol. The molecule has 0 aromatic heterocycles. The molecule has 152 valence electrons. The lowest BCUT2D eigenvalue weighted by Crippen LogP contribution is -2.50. The minimum absolute atomic E-state index is 0.0918. The Balaban J connectivity index is 1.27. The van der Waals surface area contributed by atoms with Crippen LogP contribution in [-0.2, 0) is 9.53 Å². The SMILES string of the molecule is CCNC(=NCC(=O)N1CCN(c2ccccc2)CC1)NC1CC2CCC1O2. The number of ether oxygens (including phenoxy) is 1. The van der Waals surface area contributed by atoms with Gasteiger partial charge in [-0.3, -0.25) is 4.79 Å². The van der Waals surface area contributed by atoms with E-state index in [1.165, 1.54) is 12.1 Å². The van der Waals surface area contributed by atoms with Crippen LogP contribution in [0.1, 0.15) is 26.2 Å². The fraction of sp³-hybridized carbons (Fsp3) is 0.619. The van der Waals surface area contributed by atoms with Crippen molar-refractivity contribution in [1.82, 2.24) is 15.5 Å². The molecule has 3 heterocycles. The van der Waals surface area contributed by atoms with E-state index in [1.54, 1.807) is 0 Å². The molecule has 3 saturated heterocycles. The zero-order chi connectivity index (χ0) is 19.3. The van der Waals surface area contributed by atoms with E-state index < -0.39 is 0 Å². The summed E-state index contributed by atoms with van der Waals surface area (Å²) in [6.45, 7) is 6.21. The molecule has 3 aliphatic rings. The minimum atomic E-state index is 0.0918. The summed E-state index contributed by atoms with van der Waals surface area (Å²) in [6, 6.07) is 10.7. The van der Waals surface area contributed by atoms with Crippen molar-refractivity contribution in [3.63, 3.8) is 0 Å². The fourth-order valence-electron chi connectivity index (χ4n) is 4.38. The number of hydrogen-bond acceptors (Lipinski definition) is 4. The molecule has 0 saturated carbocycles. The maximum absolute atomic E-state index is 12.6. The van der Waals surface area contributed by atoms with Gasteiger partial charge in [0.15, 0.2) is 5.96 Å². The number of aliphatic imine (C=N–C) groups is 1. The second kappa shape index (κ2) is 8.82. The molecule has 7 heteroatoms. The van der Waals surface area contributed by atoms with Crippen LogP contribution in [-0.4, -0.2) is 74.3 Å². The van der Waals surface area contributed by atoms with Crippen molar-refractivity contribution in [2.24, 2.45) is 4.99 Å². The average Bonchev–Trinajstić information content (AvgIpc) is 3.36. The first-order chi connectivity index (χ1) is 13.7. The molecule has 3 aliphatic heterocycles. The molecule has 0 spiro atoms. The Morgan fingerprint density at radius 1 is 1.18 bits per heavy atom. The molecule has 1 aromatic carbocycles. The van der Waals surface area contributed by atoms with E-state index in [-0.39, 0.29) is 18.6 Å². The van der Waals surface area contributed by atoms with Gasteiger partial charge in [0.2, 0.25) is 5.91 Å². The average molecular weight is 386 g/mol. The van der Waals surface area contributed by atoms with Crippen molar-refractivity contribution in [2.75, 3.05) is 44.2 Å². The van der Waals surface area contributed by atoms with Crippen molar-refractivity contribution in [2.45, 2.75) is 44.4 Å². The van der Waals surface area contributed by atoms with Crippen LogP contribution in [0.5, 0.6) is 0 Å². The maximum atomic E-state index is 12.6. The van der Waals surface area contributed by atoms with Gasteiger partial charge in [0, 0.05) is 38.4 Å². The molecule has 1 amide bonds. The number of piperazine rings is 1. The van der Waals surface area contributed by atoms with E-state index in [9.17, 15) is 4.79 Å².